The van der Waals surface area contributed by atoms with E-state index in [1.54, 1.807) is 0 Å². The van der Waals surface area contributed by atoms with Crippen LogP contribution < -0.4 is 4.90 Å². The van der Waals surface area contributed by atoms with E-state index in [0.717, 1.165) is 5.69 Å². The zero-order chi connectivity index (χ0) is 25.1. The minimum Gasteiger partial charge on any atom is -0.308 e. The first-order chi connectivity index (χ1) is 18.9. The van der Waals surface area contributed by atoms with Gasteiger partial charge in [-0.2, -0.15) is 0 Å². The van der Waals surface area contributed by atoms with Crippen LogP contribution in [0.15, 0.2) is 140 Å². The fourth-order valence-electron chi connectivity index (χ4n) is 5.93. The molecular weight excluding hydrogens is 478 g/mol. The van der Waals surface area contributed by atoms with Crippen molar-refractivity contribution in [1.82, 2.24) is 0 Å². The van der Waals surface area contributed by atoms with Gasteiger partial charge in [0.15, 0.2) is 0 Å². The molecule has 0 amide bonds. The van der Waals surface area contributed by atoms with Crippen molar-refractivity contribution >= 4 is 80.9 Å². The third kappa shape index (κ3) is 3.17. The van der Waals surface area contributed by atoms with Crippen LogP contribution in [0.4, 0.5) is 17.1 Å². The Kier molecular flexibility index (Phi) is 4.76. The van der Waals surface area contributed by atoms with Crippen molar-refractivity contribution in [3.05, 3.63) is 140 Å². The summed E-state index contributed by atoms with van der Waals surface area (Å²) in [4.78, 5) is 2.47. The van der Waals surface area contributed by atoms with Crippen molar-refractivity contribution in [2.24, 2.45) is 0 Å². The summed E-state index contributed by atoms with van der Waals surface area (Å²) < 4.78 is 2.63. The van der Waals surface area contributed by atoms with Gasteiger partial charge < -0.3 is 4.90 Å². The lowest BCUT2D eigenvalue weighted by Crippen LogP contribution is -2.11. The molecule has 1 nitrogen and oxygen atoms in total. The Labute approximate surface area is 224 Å². The molecule has 0 radical (unpaired) electrons. The molecular formula is C36H23NS. The smallest absolute Gasteiger partial charge is 0.0647 e. The number of hydrogen-bond donors (Lipinski definition) is 0. The van der Waals surface area contributed by atoms with Crippen molar-refractivity contribution in [2.45, 2.75) is 0 Å². The van der Waals surface area contributed by atoms with Crippen LogP contribution in [-0.2, 0) is 0 Å². The van der Waals surface area contributed by atoms with E-state index in [4.69, 9.17) is 0 Å². The SMILES string of the molecule is c1ccc(N(c2cc3ccccc3c3ccccc23)c2cc3ccccc3c3c2sc2ccccc23)cc1. The van der Waals surface area contributed by atoms with E-state index >= 15 is 0 Å². The number of hydrogen-bond acceptors (Lipinski definition) is 2. The summed E-state index contributed by atoms with van der Waals surface area (Å²) in [6, 6.07) is 50.7. The standard InChI is InChI=1S/C36H23NS/c1-2-14-26(15-3-1)37(32-22-24-12-4-6-16-27(24)29-18-8-9-19-30(29)32)33-23-25-13-5-7-17-28(25)35-31-20-10-11-21-34(31)38-36(33)35/h1-23H. The number of fused-ring (bicyclic) bond motifs is 8. The quantitative estimate of drug-likeness (QED) is 0.218. The molecule has 0 aliphatic heterocycles. The minimum atomic E-state index is 1.15. The van der Waals surface area contributed by atoms with Crippen LogP contribution in [0, 0.1) is 0 Å². The van der Waals surface area contributed by atoms with Gasteiger partial charge in [0.2, 0.25) is 0 Å². The highest BCUT2D eigenvalue weighted by Gasteiger charge is 2.22. The van der Waals surface area contributed by atoms with Gasteiger partial charge in [0.25, 0.3) is 0 Å². The molecule has 0 fully saturated rings. The molecule has 8 aromatic rings. The highest BCUT2D eigenvalue weighted by atomic mass is 32.1. The molecule has 0 atom stereocenters. The van der Waals surface area contributed by atoms with Crippen LogP contribution >= 0.6 is 11.3 Å². The van der Waals surface area contributed by atoms with E-state index < -0.39 is 0 Å². The van der Waals surface area contributed by atoms with Gasteiger partial charge in [0.1, 0.15) is 0 Å². The second kappa shape index (κ2) is 8.44. The van der Waals surface area contributed by atoms with Crippen molar-refractivity contribution in [3.8, 4) is 0 Å². The molecule has 0 unspecified atom stereocenters. The number of thiophene rings is 1. The maximum Gasteiger partial charge on any atom is 0.0647 e. The van der Waals surface area contributed by atoms with E-state index in [-0.39, 0.29) is 0 Å². The molecule has 8 rings (SSSR count). The Morgan fingerprint density at radius 1 is 0.421 bits per heavy atom. The zero-order valence-electron chi connectivity index (χ0n) is 20.6. The molecule has 1 aromatic heterocycles. The average molecular weight is 502 g/mol. The second-order valence-corrected chi connectivity index (χ2v) is 10.8. The Morgan fingerprint density at radius 3 is 1.76 bits per heavy atom. The molecule has 0 bridgehead atoms. The maximum atomic E-state index is 2.47. The number of para-hydroxylation sites is 1. The van der Waals surface area contributed by atoms with E-state index in [1.165, 1.54) is 63.9 Å². The van der Waals surface area contributed by atoms with Gasteiger partial charge in [-0.05, 0) is 57.3 Å². The van der Waals surface area contributed by atoms with Crippen LogP contribution in [0.3, 0.4) is 0 Å². The van der Waals surface area contributed by atoms with E-state index in [0.29, 0.717) is 0 Å². The maximum absolute atomic E-state index is 2.47. The van der Waals surface area contributed by atoms with Crippen molar-refractivity contribution < 1.29 is 0 Å². The van der Waals surface area contributed by atoms with Gasteiger partial charge in [-0.15, -0.1) is 11.3 Å². The van der Waals surface area contributed by atoms with Crippen LogP contribution in [0.5, 0.6) is 0 Å². The van der Waals surface area contributed by atoms with Gasteiger partial charge in [-0.1, -0.05) is 109 Å². The van der Waals surface area contributed by atoms with Crippen LogP contribution in [0.2, 0.25) is 0 Å². The fraction of sp³-hybridized carbons (Fsp3) is 0. The monoisotopic (exact) mass is 501 g/mol. The van der Waals surface area contributed by atoms with E-state index in [9.17, 15) is 0 Å². The Bertz CT molecular complexity index is 2140. The lowest BCUT2D eigenvalue weighted by molar-refractivity contribution is 1.32. The predicted octanol–water partition coefficient (Wildman–Crippen LogP) is 11.0. The summed E-state index contributed by atoms with van der Waals surface area (Å²) in [5.74, 6) is 0. The molecule has 38 heavy (non-hydrogen) atoms. The van der Waals surface area contributed by atoms with Gasteiger partial charge in [-0.3, -0.25) is 0 Å². The normalized spacial score (nSPS) is 11.7. The molecule has 0 saturated carbocycles. The van der Waals surface area contributed by atoms with Gasteiger partial charge in [-0.25, -0.2) is 0 Å². The molecule has 2 heteroatoms. The largest absolute Gasteiger partial charge is 0.308 e. The van der Waals surface area contributed by atoms with Crippen LogP contribution in [0.25, 0.3) is 52.5 Å². The average Bonchev–Trinajstić information content (AvgIpc) is 3.38. The van der Waals surface area contributed by atoms with E-state index in [1.807, 2.05) is 11.3 Å². The van der Waals surface area contributed by atoms with Gasteiger partial charge in [0.05, 0.1) is 16.1 Å². The van der Waals surface area contributed by atoms with Gasteiger partial charge in [0, 0.05) is 26.5 Å². The lowest BCUT2D eigenvalue weighted by Gasteiger charge is -2.28. The topological polar surface area (TPSA) is 3.24 Å². The summed E-state index contributed by atoms with van der Waals surface area (Å²) in [6.07, 6.45) is 0. The Balaban J connectivity index is 1.56. The Morgan fingerprint density at radius 2 is 0.974 bits per heavy atom. The highest BCUT2D eigenvalue weighted by molar-refractivity contribution is 7.26. The summed E-state index contributed by atoms with van der Waals surface area (Å²) in [5.41, 5.74) is 3.56. The third-order valence-electron chi connectivity index (χ3n) is 7.59. The molecule has 178 valence electrons. The first-order valence-corrected chi connectivity index (χ1v) is 13.8. The molecule has 0 saturated heterocycles. The molecule has 0 aliphatic carbocycles. The molecule has 0 aliphatic rings. The Hall–Kier alpha value is -4.66. The number of rotatable bonds is 3. The zero-order valence-corrected chi connectivity index (χ0v) is 21.5. The predicted molar refractivity (Wildman–Crippen MR) is 167 cm³/mol. The van der Waals surface area contributed by atoms with Crippen LogP contribution in [0.1, 0.15) is 0 Å². The molecule has 0 N–H and O–H groups in total. The lowest BCUT2D eigenvalue weighted by atomic mass is 9.98. The van der Waals surface area contributed by atoms with E-state index in [2.05, 4.69) is 144 Å². The van der Waals surface area contributed by atoms with Crippen molar-refractivity contribution in [2.75, 3.05) is 4.90 Å². The molecule has 7 aromatic carbocycles. The highest BCUT2D eigenvalue weighted by Crippen LogP contribution is 2.49. The fourth-order valence-corrected chi connectivity index (χ4v) is 7.15. The van der Waals surface area contributed by atoms with Gasteiger partial charge >= 0.3 is 0 Å². The number of benzene rings is 7. The molecule has 0 spiro atoms. The minimum absolute atomic E-state index is 1.15. The van der Waals surface area contributed by atoms with Crippen molar-refractivity contribution in [3.63, 3.8) is 0 Å². The summed E-state index contributed by atoms with van der Waals surface area (Å²) in [6.45, 7) is 0. The first kappa shape index (κ1) is 21.4. The number of nitrogens with zero attached hydrogens (tertiary/aromatic N) is 1. The summed E-state index contributed by atoms with van der Waals surface area (Å²) in [5, 5.41) is 10.3. The second-order valence-electron chi connectivity index (χ2n) is 9.75. The summed E-state index contributed by atoms with van der Waals surface area (Å²) >= 11 is 1.89. The third-order valence-corrected chi connectivity index (χ3v) is 8.79. The first-order valence-electron chi connectivity index (χ1n) is 13.0. The van der Waals surface area contributed by atoms with Crippen LogP contribution in [-0.4, -0.2) is 0 Å². The summed E-state index contributed by atoms with van der Waals surface area (Å²) in [7, 11) is 0. The molecule has 1 heterocycles. The number of anilines is 3. The van der Waals surface area contributed by atoms with Crippen molar-refractivity contribution in [1.29, 1.82) is 0 Å².